The van der Waals surface area contributed by atoms with E-state index in [1.54, 1.807) is 0 Å². The molecular weight excluding hydrogens is 244 g/mol. The van der Waals surface area contributed by atoms with Gasteiger partial charge in [0.25, 0.3) is 0 Å². The van der Waals surface area contributed by atoms with Crippen molar-refractivity contribution in [2.45, 2.75) is 109 Å². The Labute approximate surface area is 126 Å². The van der Waals surface area contributed by atoms with Crippen molar-refractivity contribution >= 4 is 0 Å². The van der Waals surface area contributed by atoms with Gasteiger partial charge in [-0.2, -0.15) is 0 Å². The van der Waals surface area contributed by atoms with E-state index in [4.69, 9.17) is 5.73 Å². The third-order valence-electron chi connectivity index (χ3n) is 5.60. The second-order valence-corrected chi connectivity index (χ2v) is 7.08. The van der Waals surface area contributed by atoms with E-state index in [9.17, 15) is 0 Å². The third-order valence-corrected chi connectivity index (χ3v) is 5.60. The summed E-state index contributed by atoms with van der Waals surface area (Å²) in [6.45, 7) is 3.65. The van der Waals surface area contributed by atoms with Crippen molar-refractivity contribution in [1.29, 1.82) is 0 Å². The van der Waals surface area contributed by atoms with Gasteiger partial charge in [0, 0.05) is 18.1 Å². The van der Waals surface area contributed by atoms with Crippen LogP contribution in [0.1, 0.15) is 90.4 Å². The molecule has 1 saturated carbocycles. The van der Waals surface area contributed by atoms with E-state index in [-0.39, 0.29) is 0 Å². The van der Waals surface area contributed by atoms with Crippen molar-refractivity contribution < 1.29 is 0 Å². The van der Waals surface area contributed by atoms with Crippen LogP contribution >= 0.6 is 0 Å². The van der Waals surface area contributed by atoms with Gasteiger partial charge in [-0.1, -0.05) is 58.3 Å². The summed E-state index contributed by atoms with van der Waals surface area (Å²) in [6.07, 6.45) is 18.0. The standard InChI is InChI=1S/C18H36N2/c1-2-16-12-11-15-20(16)18-14-10-8-6-4-3-5-7-9-13-17(18)19/h16-18H,2-15,19H2,1H3. The molecular formula is C18H36N2. The Morgan fingerprint density at radius 2 is 1.40 bits per heavy atom. The first kappa shape index (κ1) is 16.3. The minimum Gasteiger partial charge on any atom is -0.326 e. The maximum absolute atomic E-state index is 6.61. The summed E-state index contributed by atoms with van der Waals surface area (Å²) in [5, 5.41) is 0. The Morgan fingerprint density at radius 1 is 0.800 bits per heavy atom. The van der Waals surface area contributed by atoms with Crippen LogP contribution in [-0.2, 0) is 0 Å². The van der Waals surface area contributed by atoms with Gasteiger partial charge in [-0.05, 0) is 38.6 Å². The summed E-state index contributed by atoms with van der Waals surface area (Å²) >= 11 is 0. The molecule has 1 saturated heterocycles. The van der Waals surface area contributed by atoms with E-state index in [1.165, 1.54) is 90.0 Å². The SMILES string of the molecule is CCC1CCCN1C1CCCCCCCCCCC1N. The molecule has 0 bridgehead atoms. The number of nitrogens with two attached hydrogens (primary N) is 1. The number of nitrogens with zero attached hydrogens (tertiary/aromatic N) is 1. The molecule has 3 atom stereocenters. The van der Waals surface area contributed by atoms with Crippen molar-refractivity contribution in [3.05, 3.63) is 0 Å². The molecule has 1 heterocycles. The Balaban J connectivity index is 1.93. The lowest BCUT2D eigenvalue weighted by atomic mass is 9.93. The van der Waals surface area contributed by atoms with E-state index in [0.717, 1.165) is 6.04 Å². The van der Waals surface area contributed by atoms with Gasteiger partial charge < -0.3 is 5.73 Å². The molecule has 0 aromatic heterocycles. The largest absolute Gasteiger partial charge is 0.326 e. The topological polar surface area (TPSA) is 29.3 Å². The molecule has 3 unspecified atom stereocenters. The molecule has 2 rings (SSSR count). The van der Waals surface area contributed by atoms with Gasteiger partial charge in [0.05, 0.1) is 0 Å². The van der Waals surface area contributed by atoms with Crippen LogP contribution in [0.3, 0.4) is 0 Å². The van der Waals surface area contributed by atoms with Gasteiger partial charge in [0.1, 0.15) is 0 Å². The molecule has 0 aromatic rings. The molecule has 0 aromatic carbocycles. The highest BCUT2D eigenvalue weighted by Gasteiger charge is 2.32. The molecule has 2 N–H and O–H groups in total. The Hall–Kier alpha value is -0.0800. The summed E-state index contributed by atoms with van der Waals surface area (Å²) in [5.41, 5.74) is 6.61. The van der Waals surface area contributed by atoms with Crippen LogP contribution in [0.25, 0.3) is 0 Å². The lowest BCUT2D eigenvalue weighted by molar-refractivity contribution is 0.136. The van der Waals surface area contributed by atoms with Gasteiger partial charge >= 0.3 is 0 Å². The molecule has 2 nitrogen and oxygen atoms in total. The average molecular weight is 280 g/mol. The average Bonchev–Trinajstić information content (AvgIpc) is 2.91. The first-order chi connectivity index (χ1) is 9.83. The summed E-state index contributed by atoms with van der Waals surface area (Å²) in [5.74, 6) is 0. The maximum atomic E-state index is 6.61. The number of hydrogen-bond acceptors (Lipinski definition) is 2. The van der Waals surface area contributed by atoms with Crippen LogP contribution in [0.4, 0.5) is 0 Å². The molecule has 2 aliphatic rings. The highest BCUT2D eigenvalue weighted by Crippen LogP contribution is 2.28. The van der Waals surface area contributed by atoms with Crippen molar-refractivity contribution in [1.82, 2.24) is 4.90 Å². The first-order valence-corrected chi connectivity index (χ1v) is 9.34. The molecule has 0 spiro atoms. The molecule has 2 fully saturated rings. The maximum Gasteiger partial charge on any atom is 0.0250 e. The first-order valence-electron chi connectivity index (χ1n) is 9.34. The third kappa shape index (κ3) is 4.73. The fourth-order valence-corrected chi connectivity index (χ4v) is 4.35. The minimum absolute atomic E-state index is 0.418. The lowest BCUT2D eigenvalue weighted by Gasteiger charge is -2.37. The van der Waals surface area contributed by atoms with Crippen molar-refractivity contribution in [2.24, 2.45) is 5.73 Å². The zero-order valence-corrected chi connectivity index (χ0v) is 13.7. The summed E-state index contributed by atoms with van der Waals surface area (Å²) in [6, 6.07) is 1.91. The summed E-state index contributed by atoms with van der Waals surface area (Å²) in [4.78, 5) is 2.79. The smallest absolute Gasteiger partial charge is 0.0250 e. The molecule has 0 amide bonds. The number of likely N-dealkylation sites (tertiary alicyclic amines) is 1. The molecule has 20 heavy (non-hydrogen) atoms. The normalized spacial score (nSPS) is 35.4. The molecule has 118 valence electrons. The van der Waals surface area contributed by atoms with Gasteiger partial charge in [-0.25, -0.2) is 0 Å². The number of hydrogen-bond donors (Lipinski definition) is 1. The van der Waals surface area contributed by atoms with E-state index >= 15 is 0 Å². The zero-order chi connectivity index (χ0) is 14.2. The monoisotopic (exact) mass is 280 g/mol. The Morgan fingerprint density at radius 3 is 2.05 bits per heavy atom. The zero-order valence-electron chi connectivity index (χ0n) is 13.7. The van der Waals surface area contributed by atoms with Crippen molar-refractivity contribution in [3.63, 3.8) is 0 Å². The highest BCUT2D eigenvalue weighted by atomic mass is 15.2. The summed E-state index contributed by atoms with van der Waals surface area (Å²) < 4.78 is 0. The predicted octanol–water partition coefficient (Wildman–Crippen LogP) is 4.47. The Kier molecular flexibility index (Phi) is 7.37. The van der Waals surface area contributed by atoms with Crippen LogP contribution in [0.5, 0.6) is 0 Å². The van der Waals surface area contributed by atoms with Crippen LogP contribution in [0.15, 0.2) is 0 Å². The van der Waals surface area contributed by atoms with Crippen LogP contribution in [0.2, 0.25) is 0 Å². The van der Waals surface area contributed by atoms with Gasteiger partial charge in [0.2, 0.25) is 0 Å². The highest BCUT2D eigenvalue weighted by molar-refractivity contribution is 4.89. The minimum atomic E-state index is 0.418. The molecule has 1 aliphatic heterocycles. The predicted molar refractivity (Wildman–Crippen MR) is 88.0 cm³/mol. The number of rotatable bonds is 2. The van der Waals surface area contributed by atoms with Crippen molar-refractivity contribution in [3.8, 4) is 0 Å². The summed E-state index contributed by atoms with van der Waals surface area (Å²) in [7, 11) is 0. The Bertz CT molecular complexity index is 254. The van der Waals surface area contributed by atoms with Crippen LogP contribution in [0, 0.1) is 0 Å². The fourth-order valence-electron chi connectivity index (χ4n) is 4.35. The second kappa shape index (κ2) is 9.04. The molecule has 0 radical (unpaired) electrons. The fraction of sp³-hybridized carbons (Fsp3) is 1.00. The van der Waals surface area contributed by atoms with Gasteiger partial charge in [-0.3, -0.25) is 4.90 Å². The van der Waals surface area contributed by atoms with Crippen LogP contribution in [-0.4, -0.2) is 29.6 Å². The molecule has 1 aliphatic carbocycles. The van der Waals surface area contributed by atoms with Gasteiger partial charge in [0.15, 0.2) is 0 Å². The molecule has 2 heteroatoms. The van der Waals surface area contributed by atoms with E-state index in [1.807, 2.05) is 0 Å². The quantitative estimate of drug-likeness (QED) is 0.808. The van der Waals surface area contributed by atoms with E-state index < -0.39 is 0 Å². The van der Waals surface area contributed by atoms with Crippen LogP contribution < -0.4 is 5.73 Å². The van der Waals surface area contributed by atoms with E-state index in [0.29, 0.717) is 12.1 Å². The lowest BCUT2D eigenvalue weighted by Crippen LogP contribution is -2.49. The second-order valence-electron chi connectivity index (χ2n) is 7.08. The van der Waals surface area contributed by atoms with Gasteiger partial charge in [-0.15, -0.1) is 0 Å². The van der Waals surface area contributed by atoms with E-state index in [2.05, 4.69) is 11.8 Å². The van der Waals surface area contributed by atoms with Crippen molar-refractivity contribution in [2.75, 3.05) is 6.54 Å².